The van der Waals surface area contributed by atoms with Crippen molar-refractivity contribution in [2.45, 2.75) is 148 Å². The number of allylic oxidation sites excluding steroid dienone is 2. The van der Waals surface area contributed by atoms with Crippen LogP contribution in [0.2, 0.25) is 0 Å². The highest BCUT2D eigenvalue weighted by molar-refractivity contribution is 7.53. The van der Waals surface area contributed by atoms with Gasteiger partial charge in [0.25, 0.3) is 0 Å². The van der Waals surface area contributed by atoms with Gasteiger partial charge >= 0.3 is 7.60 Å². The number of rotatable bonds is 25. The predicted octanol–water partition coefficient (Wildman–Crippen LogP) is 9.62. The van der Waals surface area contributed by atoms with E-state index in [1.54, 1.807) is 0 Å². The first-order valence-corrected chi connectivity index (χ1v) is 16.3. The third kappa shape index (κ3) is 20.1. The molecule has 0 rings (SSSR count). The molecule has 0 heterocycles. The second-order valence-electron chi connectivity index (χ2n) is 11.1. The lowest BCUT2D eigenvalue weighted by atomic mass is 10.0. The molecule has 0 aromatic carbocycles. The molecule has 0 aliphatic heterocycles. The van der Waals surface area contributed by atoms with Gasteiger partial charge < -0.3 is 13.9 Å². The predicted molar refractivity (Wildman–Crippen MR) is 150 cm³/mol. The molecular weight excluding hydrogens is 441 g/mol. The minimum absolute atomic E-state index is 0.347. The Morgan fingerprint density at radius 1 is 0.676 bits per heavy atom. The highest BCUT2D eigenvalue weighted by Crippen LogP contribution is 2.51. The average molecular weight is 503 g/mol. The summed E-state index contributed by atoms with van der Waals surface area (Å²) >= 11 is 0. The third-order valence-corrected chi connectivity index (χ3v) is 9.18. The van der Waals surface area contributed by atoms with E-state index in [9.17, 15) is 9.46 Å². The van der Waals surface area contributed by atoms with Crippen LogP contribution in [0.1, 0.15) is 142 Å². The number of hydrogen-bond donors (Lipinski definition) is 1. The number of hydrogen-bond acceptors (Lipinski definition) is 2. The van der Waals surface area contributed by atoms with Crippen LogP contribution in [0.25, 0.3) is 0 Å². The Labute approximate surface area is 214 Å². The van der Waals surface area contributed by atoms with Gasteiger partial charge in [-0.15, -0.1) is 0 Å². The first-order chi connectivity index (χ1) is 16.3. The summed E-state index contributed by atoms with van der Waals surface area (Å²) in [5, 5.41) is 0. The lowest BCUT2D eigenvalue weighted by Crippen LogP contribution is -2.44. The summed E-state index contributed by atoms with van der Waals surface area (Å²) in [6.45, 7) is 4.61. The molecule has 0 aliphatic carbocycles. The van der Waals surface area contributed by atoms with Crippen molar-refractivity contribution in [2.24, 2.45) is 0 Å². The molecule has 0 aromatic heterocycles. The molecule has 1 N–H and O–H groups in total. The van der Waals surface area contributed by atoms with E-state index in [0.29, 0.717) is 17.5 Å². The highest BCUT2D eigenvalue weighted by Gasteiger charge is 2.41. The molecule has 204 valence electrons. The second kappa shape index (κ2) is 22.1. The smallest absolute Gasteiger partial charge is 0.320 e. The molecule has 34 heavy (non-hydrogen) atoms. The zero-order chi connectivity index (χ0) is 25.5. The van der Waals surface area contributed by atoms with Crippen molar-refractivity contribution in [1.29, 1.82) is 0 Å². The Balaban J connectivity index is 3.37. The zero-order valence-corrected chi connectivity index (χ0v) is 24.6. The van der Waals surface area contributed by atoms with Crippen LogP contribution in [-0.4, -0.2) is 42.9 Å². The van der Waals surface area contributed by atoms with Crippen LogP contribution in [0.3, 0.4) is 0 Å². The lowest BCUT2D eigenvalue weighted by molar-refractivity contribution is -0.883. The SMILES string of the molecule is CCCC/C=C\CCCCCCCCCCCCCCCCCOP(=O)(O)C(CC)[N+](C)(C)C. The van der Waals surface area contributed by atoms with Crippen LogP contribution in [0.4, 0.5) is 0 Å². The minimum Gasteiger partial charge on any atom is -0.320 e. The molecule has 5 heteroatoms. The van der Waals surface area contributed by atoms with E-state index < -0.39 is 7.60 Å². The largest absolute Gasteiger partial charge is 0.385 e. The first kappa shape index (κ1) is 33.8. The maximum absolute atomic E-state index is 12.5. The summed E-state index contributed by atoms with van der Waals surface area (Å²) in [5.41, 5.74) is 0. The van der Waals surface area contributed by atoms with E-state index >= 15 is 0 Å². The Morgan fingerprint density at radius 2 is 1.06 bits per heavy atom. The van der Waals surface area contributed by atoms with Crippen LogP contribution >= 0.6 is 7.60 Å². The van der Waals surface area contributed by atoms with Crippen molar-refractivity contribution in [3.8, 4) is 0 Å². The standard InChI is InChI=1S/C29H60NO3P/c1-6-8-9-10-11-12-13-14-15-16-17-18-19-20-21-22-23-24-25-26-27-28-33-34(31,32)29(7-2)30(3,4)5/h10-11,29H,6-9,12-28H2,1-5H3/p+1/b11-10-. The summed E-state index contributed by atoms with van der Waals surface area (Å²) in [6.07, 6.45) is 30.3. The molecule has 0 aromatic rings. The second-order valence-corrected chi connectivity index (χ2v) is 13.1. The van der Waals surface area contributed by atoms with Crippen molar-refractivity contribution >= 4 is 7.60 Å². The van der Waals surface area contributed by atoms with Crippen LogP contribution < -0.4 is 0 Å². The van der Waals surface area contributed by atoms with E-state index in [1.165, 1.54) is 109 Å². The van der Waals surface area contributed by atoms with Gasteiger partial charge in [-0.2, -0.15) is 0 Å². The summed E-state index contributed by atoms with van der Waals surface area (Å²) in [4.78, 5) is 10.3. The monoisotopic (exact) mass is 502 g/mol. The van der Waals surface area contributed by atoms with Crippen molar-refractivity contribution in [3.05, 3.63) is 12.2 Å². The average Bonchev–Trinajstić information content (AvgIpc) is 2.76. The van der Waals surface area contributed by atoms with Gasteiger partial charge in [0, 0.05) is 6.42 Å². The van der Waals surface area contributed by atoms with Crippen LogP contribution in [0, 0.1) is 0 Å². The molecule has 0 aliphatic rings. The van der Waals surface area contributed by atoms with Gasteiger partial charge in [0.15, 0.2) is 5.78 Å². The number of unbranched alkanes of at least 4 members (excludes halogenated alkanes) is 17. The van der Waals surface area contributed by atoms with Gasteiger partial charge in [0.05, 0.1) is 27.7 Å². The Hall–Kier alpha value is -0.150. The van der Waals surface area contributed by atoms with Gasteiger partial charge in [-0.1, -0.05) is 122 Å². The van der Waals surface area contributed by atoms with Crippen LogP contribution in [0.5, 0.6) is 0 Å². The molecule has 0 amide bonds. The summed E-state index contributed by atoms with van der Waals surface area (Å²) in [5.74, 6) is -0.347. The molecule has 0 spiro atoms. The summed E-state index contributed by atoms with van der Waals surface area (Å²) in [6, 6.07) is 0. The van der Waals surface area contributed by atoms with E-state index in [4.69, 9.17) is 4.52 Å². The molecule has 0 fully saturated rings. The van der Waals surface area contributed by atoms with E-state index in [1.807, 2.05) is 28.1 Å². The summed E-state index contributed by atoms with van der Waals surface area (Å²) < 4.78 is 18.4. The fraction of sp³-hybridized carbons (Fsp3) is 0.931. The van der Waals surface area contributed by atoms with Crippen molar-refractivity contribution in [3.63, 3.8) is 0 Å². The van der Waals surface area contributed by atoms with E-state index in [2.05, 4.69) is 19.1 Å². The zero-order valence-electron chi connectivity index (χ0n) is 23.7. The Morgan fingerprint density at radius 3 is 1.44 bits per heavy atom. The maximum atomic E-state index is 12.5. The van der Waals surface area contributed by atoms with Crippen molar-refractivity contribution in [1.82, 2.24) is 0 Å². The number of nitrogens with zero attached hydrogens (tertiary/aromatic N) is 1. The van der Waals surface area contributed by atoms with Crippen molar-refractivity contribution < 1.29 is 18.5 Å². The third-order valence-electron chi connectivity index (χ3n) is 6.82. The van der Waals surface area contributed by atoms with E-state index in [0.717, 1.165) is 12.8 Å². The van der Waals surface area contributed by atoms with Crippen LogP contribution in [0.15, 0.2) is 12.2 Å². The van der Waals surface area contributed by atoms with Gasteiger partial charge in [-0.25, -0.2) is 0 Å². The topological polar surface area (TPSA) is 46.5 Å². The molecule has 0 saturated carbocycles. The van der Waals surface area contributed by atoms with Crippen LogP contribution in [-0.2, 0) is 9.09 Å². The molecule has 0 bridgehead atoms. The van der Waals surface area contributed by atoms with Gasteiger partial charge in [-0.05, 0) is 25.7 Å². The van der Waals surface area contributed by atoms with Crippen molar-refractivity contribution in [2.75, 3.05) is 27.7 Å². The minimum atomic E-state index is -3.55. The molecule has 0 radical (unpaired) electrons. The maximum Gasteiger partial charge on any atom is 0.385 e. The van der Waals surface area contributed by atoms with E-state index in [-0.39, 0.29) is 5.78 Å². The highest BCUT2D eigenvalue weighted by atomic mass is 31.2. The van der Waals surface area contributed by atoms with Gasteiger partial charge in [0.1, 0.15) is 0 Å². The fourth-order valence-corrected chi connectivity index (χ4v) is 6.62. The number of quaternary nitrogens is 1. The molecular formula is C29H61NO3P+. The van der Waals surface area contributed by atoms with Gasteiger partial charge in [-0.3, -0.25) is 4.57 Å². The molecule has 2 atom stereocenters. The first-order valence-electron chi connectivity index (χ1n) is 14.7. The Bertz CT molecular complexity index is 516. The molecule has 2 unspecified atom stereocenters. The molecule has 4 nitrogen and oxygen atoms in total. The Kier molecular flexibility index (Phi) is 22.0. The molecule has 0 saturated heterocycles. The lowest BCUT2D eigenvalue weighted by Gasteiger charge is -2.35. The fourth-order valence-electron chi connectivity index (χ4n) is 4.72. The van der Waals surface area contributed by atoms with Gasteiger partial charge in [0.2, 0.25) is 0 Å². The quantitative estimate of drug-likeness (QED) is 0.0585. The summed E-state index contributed by atoms with van der Waals surface area (Å²) in [7, 11) is 2.32. The normalized spacial score (nSPS) is 15.1.